The molecule has 8 nitrogen and oxygen atoms in total. The second kappa shape index (κ2) is 6.83. The lowest BCUT2D eigenvalue weighted by Gasteiger charge is -2.12. The second-order valence-electron chi connectivity index (χ2n) is 6.39. The lowest BCUT2D eigenvalue weighted by Crippen LogP contribution is -2.12. The molecule has 4 aromatic rings. The standard InChI is InChI=1S/C21H16N4O4/c1-27-17-5-3-13(16-11-25-8-2-7-22-21(25)24-16)9-15(17)23-20(26)14-4-6-18-19(10-14)29-12-28-18/h2-11H,12H2,1H3,(H,23,26). The zero-order chi connectivity index (χ0) is 19.8. The number of hydrogen-bond acceptors (Lipinski definition) is 6. The topological polar surface area (TPSA) is 87.0 Å². The van der Waals surface area contributed by atoms with Crippen molar-refractivity contribution >= 4 is 17.4 Å². The molecule has 0 radical (unpaired) electrons. The number of nitrogens with one attached hydrogen (secondary N) is 1. The molecule has 1 aliphatic heterocycles. The van der Waals surface area contributed by atoms with E-state index >= 15 is 0 Å². The van der Waals surface area contributed by atoms with Crippen molar-refractivity contribution in [3.8, 4) is 28.5 Å². The number of fused-ring (bicyclic) bond motifs is 2. The van der Waals surface area contributed by atoms with Gasteiger partial charge < -0.3 is 19.5 Å². The van der Waals surface area contributed by atoms with E-state index in [1.54, 1.807) is 37.6 Å². The lowest BCUT2D eigenvalue weighted by molar-refractivity contribution is 0.102. The second-order valence-corrected chi connectivity index (χ2v) is 6.39. The van der Waals surface area contributed by atoms with Gasteiger partial charge in [0.05, 0.1) is 18.5 Å². The van der Waals surface area contributed by atoms with Crippen LogP contribution in [-0.4, -0.2) is 34.2 Å². The van der Waals surface area contributed by atoms with Crippen LogP contribution in [0.4, 0.5) is 5.69 Å². The Morgan fingerprint density at radius 1 is 1.17 bits per heavy atom. The monoisotopic (exact) mass is 388 g/mol. The van der Waals surface area contributed by atoms with Crippen molar-refractivity contribution in [2.75, 3.05) is 19.2 Å². The third-order valence-electron chi connectivity index (χ3n) is 4.61. The number of imidazole rings is 1. The normalized spacial score (nSPS) is 12.2. The van der Waals surface area contributed by atoms with Crippen molar-refractivity contribution in [3.63, 3.8) is 0 Å². The summed E-state index contributed by atoms with van der Waals surface area (Å²) in [7, 11) is 1.56. The van der Waals surface area contributed by atoms with E-state index in [1.807, 2.05) is 35.0 Å². The smallest absolute Gasteiger partial charge is 0.255 e. The van der Waals surface area contributed by atoms with Gasteiger partial charge in [0.2, 0.25) is 12.6 Å². The third kappa shape index (κ3) is 3.10. The predicted octanol–water partition coefficient (Wildman–Crippen LogP) is 3.39. The molecule has 29 heavy (non-hydrogen) atoms. The third-order valence-corrected chi connectivity index (χ3v) is 4.61. The van der Waals surface area contributed by atoms with E-state index in [0.29, 0.717) is 34.3 Å². The molecule has 0 fully saturated rings. The molecule has 0 unspecified atom stereocenters. The summed E-state index contributed by atoms with van der Waals surface area (Å²) >= 11 is 0. The number of methoxy groups -OCH3 is 1. The molecule has 8 heteroatoms. The number of benzene rings is 2. The Kier molecular flexibility index (Phi) is 4.02. The van der Waals surface area contributed by atoms with Gasteiger partial charge in [0.1, 0.15) is 5.75 Å². The van der Waals surface area contributed by atoms with Gasteiger partial charge in [0, 0.05) is 29.7 Å². The fourth-order valence-corrected chi connectivity index (χ4v) is 3.17. The van der Waals surface area contributed by atoms with Gasteiger partial charge in [-0.1, -0.05) is 0 Å². The van der Waals surface area contributed by atoms with Crippen LogP contribution in [0.5, 0.6) is 17.2 Å². The number of amides is 1. The molecule has 0 saturated carbocycles. The minimum atomic E-state index is -0.282. The number of nitrogens with zero attached hydrogens (tertiary/aromatic N) is 3. The zero-order valence-electron chi connectivity index (χ0n) is 15.5. The van der Waals surface area contributed by atoms with Crippen molar-refractivity contribution in [1.29, 1.82) is 0 Å². The van der Waals surface area contributed by atoms with Crippen LogP contribution in [0.2, 0.25) is 0 Å². The van der Waals surface area contributed by atoms with E-state index in [9.17, 15) is 4.79 Å². The van der Waals surface area contributed by atoms with Crippen molar-refractivity contribution in [2.24, 2.45) is 0 Å². The SMILES string of the molecule is COc1ccc(-c2cn3cccnc3n2)cc1NC(=O)c1ccc2c(c1)OCO2. The highest BCUT2D eigenvalue weighted by molar-refractivity contribution is 6.05. The van der Waals surface area contributed by atoms with Crippen molar-refractivity contribution in [1.82, 2.24) is 14.4 Å². The summed E-state index contributed by atoms with van der Waals surface area (Å²) in [5.74, 6) is 2.04. The molecular formula is C21H16N4O4. The molecule has 0 atom stereocenters. The quantitative estimate of drug-likeness (QED) is 0.577. The maximum atomic E-state index is 12.8. The predicted molar refractivity (Wildman–Crippen MR) is 105 cm³/mol. The first-order valence-electron chi connectivity index (χ1n) is 8.90. The fraction of sp³-hybridized carbons (Fsp3) is 0.0952. The molecular weight excluding hydrogens is 372 g/mol. The van der Waals surface area contributed by atoms with Crippen LogP contribution in [0, 0.1) is 0 Å². The van der Waals surface area contributed by atoms with Crippen molar-refractivity contribution < 1.29 is 19.0 Å². The molecule has 3 heterocycles. The number of aromatic nitrogens is 3. The molecule has 0 bridgehead atoms. The van der Waals surface area contributed by atoms with Gasteiger partial charge in [-0.25, -0.2) is 9.97 Å². The molecule has 1 aliphatic rings. The van der Waals surface area contributed by atoms with Gasteiger partial charge in [0.25, 0.3) is 5.91 Å². The number of rotatable bonds is 4. The van der Waals surface area contributed by atoms with Gasteiger partial charge in [-0.15, -0.1) is 0 Å². The Balaban J connectivity index is 1.47. The summed E-state index contributed by atoms with van der Waals surface area (Å²) in [5, 5.41) is 2.90. The van der Waals surface area contributed by atoms with Crippen molar-refractivity contribution in [3.05, 3.63) is 66.6 Å². The largest absolute Gasteiger partial charge is 0.495 e. The fourth-order valence-electron chi connectivity index (χ4n) is 3.17. The first kappa shape index (κ1) is 17.1. The number of anilines is 1. The van der Waals surface area contributed by atoms with Crippen LogP contribution in [-0.2, 0) is 0 Å². The molecule has 2 aromatic heterocycles. The molecule has 0 aliphatic carbocycles. The first-order chi connectivity index (χ1) is 14.2. The lowest BCUT2D eigenvalue weighted by atomic mass is 10.1. The maximum Gasteiger partial charge on any atom is 0.255 e. The molecule has 144 valence electrons. The molecule has 1 amide bonds. The van der Waals surface area contributed by atoms with E-state index < -0.39 is 0 Å². The van der Waals surface area contributed by atoms with Gasteiger partial charge in [0.15, 0.2) is 11.5 Å². The summed E-state index contributed by atoms with van der Waals surface area (Å²) in [5.41, 5.74) is 2.57. The first-order valence-corrected chi connectivity index (χ1v) is 8.90. The average molecular weight is 388 g/mol. The maximum absolute atomic E-state index is 12.8. The van der Waals surface area contributed by atoms with E-state index in [0.717, 1.165) is 11.3 Å². The molecule has 1 N–H and O–H groups in total. The van der Waals surface area contributed by atoms with E-state index in [-0.39, 0.29) is 12.7 Å². The van der Waals surface area contributed by atoms with Gasteiger partial charge in [-0.05, 0) is 42.5 Å². The molecule has 5 rings (SSSR count). The molecule has 0 saturated heterocycles. The van der Waals surface area contributed by atoms with Crippen LogP contribution in [0.25, 0.3) is 17.0 Å². The number of carbonyl (C=O) groups excluding carboxylic acids is 1. The zero-order valence-corrected chi connectivity index (χ0v) is 15.5. The Hall–Kier alpha value is -4.07. The highest BCUT2D eigenvalue weighted by Gasteiger charge is 2.18. The highest BCUT2D eigenvalue weighted by atomic mass is 16.7. The van der Waals surface area contributed by atoms with Crippen LogP contribution >= 0.6 is 0 Å². The minimum absolute atomic E-state index is 0.157. The van der Waals surface area contributed by atoms with E-state index in [4.69, 9.17) is 14.2 Å². The van der Waals surface area contributed by atoms with Gasteiger partial charge >= 0.3 is 0 Å². The number of carbonyl (C=O) groups is 1. The minimum Gasteiger partial charge on any atom is -0.495 e. The summed E-state index contributed by atoms with van der Waals surface area (Å²) in [6, 6.07) is 12.4. The van der Waals surface area contributed by atoms with Gasteiger partial charge in [-0.2, -0.15) is 0 Å². The average Bonchev–Trinajstić information content (AvgIpc) is 3.39. The number of hydrogen-bond donors (Lipinski definition) is 1. The van der Waals surface area contributed by atoms with Crippen molar-refractivity contribution in [2.45, 2.75) is 0 Å². The van der Waals surface area contributed by atoms with Crippen LogP contribution in [0.3, 0.4) is 0 Å². The summed E-state index contributed by atoms with van der Waals surface area (Å²) < 4.78 is 17.9. The summed E-state index contributed by atoms with van der Waals surface area (Å²) in [6.45, 7) is 0.157. The Labute approximate surface area is 165 Å². The molecule has 0 spiro atoms. The van der Waals surface area contributed by atoms with E-state index in [1.165, 1.54) is 0 Å². The Morgan fingerprint density at radius 3 is 2.93 bits per heavy atom. The van der Waals surface area contributed by atoms with Crippen LogP contribution < -0.4 is 19.5 Å². The Bertz CT molecular complexity index is 1200. The highest BCUT2D eigenvalue weighted by Crippen LogP contribution is 2.34. The Morgan fingerprint density at radius 2 is 2.07 bits per heavy atom. The summed E-state index contributed by atoms with van der Waals surface area (Å²) in [4.78, 5) is 21.5. The van der Waals surface area contributed by atoms with Crippen LogP contribution in [0.15, 0.2) is 61.1 Å². The summed E-state index contributed by atoms with van der Waals surface area (Å²) in [6.07, 6.45) is 5.45. The van der Waals surface area contributed by atoms with Crippen LogP contribution in [0.1, 0.15) is 10.4 Å². The number of ether oxygens (including phenoxy) is 3. The van der Waals surface area contributed by atoms with E-state index in [2.05, 4.69) is 15.3 Å². The van der Waals surface area contributed by atoms with Gasteiger partial charge in [-0.3, -0.25) is 9.20 Å². The molecule has 2 aromatic carbocycles.